The average molecular weight is 279 g/mol. The fourth-order valence-corrected chi connectivity index (χ4v) is 1.83. The van der Waals surface area contributed by atoms with Crippen molar-refractivity contribution in [1.82, 2.24) is 0 Å². The average Bonchev–Trinajstić information content (AvgIpc) is 2.26. The molecule has 0 amide bonds. The van der Waals surface area contributed by atoms with Crippen molar-refractivity contribution in [2.45, 2.75) is 12.3 Å². The molecule has 0 saturated heterocycles. The molecule has 0 aromatic heterocycles. The summed E-state index contributed by atoms with van der Waals surface area (Å²) in [4.78, 5) is 10.8. The first-order chi connectivity index (χ1) is 8.30. The summed E-state index contributed by atoms with van der Waals surface area (Å²) in [5.41, 5.74) is -0.655. The molecule has 18 heavy (non-hydrogen) atoms. The van der Waals surface area contributed by atoms with E-state index in [1.165, 1.54) is 18.2 Å². The van der Waals surface area contributed by atoms with Gasteiger partial charge in [-0.3, -0.25) is 0 Å². The summed E-state index contributed by atoms with van der Waals surface area (Å²) in [6.45, 7) is 0. The van der Waals surface area contributed by atoms with E-state index in [0.717, 1.165) is 6.08 Å². The minimum Gasteiger partial charge on any atom is -0.478 e. The molecule has 0 fully saturated rings. The van der Waals surface area contributed by atoms with Crippen LogP contribution in [0.25, 0.3) is 6.08 Å². The summed E-state index contributed by atoms with van der Waals surface area (Å²) >= 11 is 5.72. The predicted octanol–water partition coefficient (Wildman–Crippen LogP) is 3.13. The molecular formula is C11H6ClF3O3. The first kappa shape index (κ1) is 12.8. The highest BCUT2D eigenvalue weighted by Gasteiger charge is 2.48. The molecular weight excluding hydrogens is 273 g/mol. The predicted molar refractivity (Wildman–Crippen MR) is 57.5 cm³/mol. The SMILES string of the molecule is O=C(O)C1=Cc2cccc(Cl)c2OC1C(F)(F)F. The number of hydrogen-bond donors (Lipinski definition) is 1. The van der Waals surface area contributed by atoms with E-state index in [9.17, 15) is 18.0 Å². The highest BCUT2D eigenvalue weighted by Crippen LogP contribution is 2.40. The van der Waals surface area contributed by atoms with Crippen molar-refractivity contribution < 1.29 is 27.8 Å². The molecule has 0 saturated carbocycles. The number of hydrogen-bond acceptors (Lipinski definition) is 2. The van der Waals surface area contributed by atoms with Crippen molar-refractivity contribution in [2.24, 2.45) is 0 Å². The molecule has 2 rings (SSSR count). The van der Waals surface area contributed by atoms with Crippen LogP contribution in [0.2, 0.25) is 5.02 Å². The van der Waals surface area contributed by atoms with Crippen molar-refractivity contribution in [2.75, 3.05) is 0 Å². The minimum atomic E-state index is -4.82. The van der Waals surface area contributed by atoms with Crippen LogP contribution < -0.4 is 4.74 Å². The molecule has 0 bridgehead atoms. The number of halogens is 4. The Morgan fingerprint density at radius 1 is 1.39 bits per heavy atom. The smallest absolute Gasteiger partial charge is 0.430 e. The zero-order valence-electron chi connectivity index (χ0n) is 8.66. The number of fused-ring (bicyclic) bond motifs is 1. The van der Waals surface area contributed by atoms with E-state index in [-0.39, 0.29) is 16.3 Å². The van der Waals surface area contributed by atoms with E-state index < -0.39 is 23.8 Å². The number of ether oxygens (including phenoxy) is 1. The van der Waals surface area contributed by atoms with Gasteiger partial charge in [0.15, 0.2) is 0 Å². The Morgan fingerprint density at radius 2 is 2.06 bits per heavy atom. The van der Waals surface area contributed by atoms with Crippen molar-refractivity contribution >= 4 is 23.6 Å². The summed E-state index contributed by atoms with van der Waals surface area (Å²) in [7, 11) is 0. The third-order valence-corrected chi connectivity index (χ3v) is 2.67. The van der Waals surface area contributed by atoms with Crippen LogP contribution in [0, 0.1) is 0 Å². The van der Waals surface area contributed by atoms with Gasteiger partial charge in [0, 0.05) is 5.56 Å². The zero-order chi connectivity index (χ0) is 13.5. The number of alkyl halides is 3. The van der Waals surface area contributed by atoms with Crippen molar-refractivity contribution in [1.29, 1.82) is 0 Å². The van der Waals surface area contributed by atoms with Gasteiger partial charge in [-0.05, 0) is 12.1 Å². The minimum absolute atomic E-state index is 0.00226. The molecule has 1 aliphatic rings. The van der Waals surface area contributed by atoms with Gasteiger partial charge in [0.05, 0.1) is 10.6 Å². The van der Waals surface area contributed by atoms with Crippen molar-refractivity contribution in [3.05, 3.63) is 34.4 Å². The van der Waals surface area contributed by atoms with Gasteiger partial charge in [-0.15, -0.1) is 0 Å². The van der Waals surface area contributed by atoms with Crippen LogP contribution in [0.15, 0.2) is 23.8 Å². The molecule has 96 valence electrons. The standard InChI is InChI=1S/C11H6ClF3O3/c12-7-3-1-2-5-4-6(10(16)17)9(11(13,14)15)18-8(5)7/h1-4,9H,(H,16,17). The topological polar surface area (TPSA) is 46.5 Å². The molecule has 0 radical (unpaired) electrons. The number of aliphatic carboxylic acids is 1. The Labute approximate surface area is 104 Å². The lowest BCUT2D eigenvalue weighted by Gasteiger charge is -2.27. The van der Waals surface area contributed by atoms with Crippen molar-refractivity contribution in [3.63, 3.8) is 0 Å². The molecule has 7 heteroatoms. The highest BCUT2D eigenvalue weighted by atomic mass is 35.5. The van der Waals surface area contributed by atoms with Gasteiger partial charge < -0.3 is 9.84 Å². The Morgan fingerprint density at radius 3 is 2.61 bits per heavy atom. The third kappa shape index (κ3) is 2.15. The van der Waals surface area contributed by atoms with Crippen molar-refractivity contribution in [3.8, 4) is 5.75 Å². The number of carbonyl (C=O) groups is 1. The first-order valence-electron chi connectivity index (χ1n) is 4.77. The van der Waals surface area contributed by atoms with Crippen LogP contribution >= 0.6 is 11.6 Å². The summed E-state index contributed by atoms with van der Waals surface area (Å²) in [6.07, 6.45) is -6.41. The molecule has 3 nitrogen and oxygen atoms in total. The van der Waals surface area contributed by atoms with Crippen LogP contribution in [0.1, 0.15) is 5.56 Å². The van der Waals surface area contributed by atoms with Crippen LogP contribution in [0.3, 0.4) is 0 Å². The van der Waals surface area contributed by atoms with Crippen LogP contribution in [0.5, 0.6) is 5.75 Å². The maximum atomic E-state index is 12.7. The highest BCUT2D eigenvalue weighted by molar-refractivity contribution is 6.32. The lowest BCUT2D eigenvalue weighted by molar-refractivity contribution is -0.187. The maximum absolute atomic E-state index is 12.7. The summed E-state index contributed by atoms with van der Waals surface area (Å²) in [5, 5.41) is 8.79. The number of rotatable bonds is 1. The number of benzene rings is 1. The Hall–Kier alpha value is -1.69. The molecule has 1 N–H and O–H groups in total. The van der Waals surface area contributed by atoms with Gasteiger partial charge in [0.1, 0.15) is 5.75 Å². The Bertz CT molecular complexity index is 537. The maximum Gasteiger partial charge on any atom is 0.430 e. The van der Waals surface area contributed by atoms with Gasteiger partial charge in [0.25, 0.3) is 0 Å². The lowest BCUT2D eigenvalue weighted by Crippen LogP contribution is -2.40. The fraction of sp³-hybridized carbons (Fsp3) is 0.182. The second kappa shape index (κ2) is 4.20. The lowest BCUT2D eigenvalue weighted by atomic mass is 10.0. The zero-order valence-corrected chi connectivity index (χ0v) is 9.42. The monoisotopic (exact) mass is 278 g/mol. The summed E-state index contributed by atoms with van der Waals surface area (Å²) in [6, 6.07) is 4.29. The summed E-state index contributed by atoms with van der Waals surface area (Å²) < 4.78 is 42.8. The summed E-state index contributed by atoms with van der Waals surface area (Å²) in [5.74, 6) is -1.84. The Kier molecular flexibility index (Phi) is 2.98. The van der Waals surface area contributed by atoms with Gasteiger partial charge >= 0.3 is 12.1 Å². The number of carboxylic acid groups (broad SMARTS) is 1. The van der Waals surface area contributed by atoms with Crippen LogP contribution in [-0.4, -0.2) is 23.4 Å². The molecule has 0 aliphatic carbocycles. The molecule has 1 aliphatic heterocycles. The quantitative estimate of drug-likeness (QED) is 0.858. The van der Waals surface area contributed by atoms with E-state index in [2.05, 4.69) is 0 Å². The van der Waals surface area contributed by atoms with Gasteiger partial charge in [0.2, 0.25) is 6.10 Å². The first-order valence-corrected chi connectivity index (χ1v) is 5.15. The van der Waals surface area contributed by atoms with Gasteiger partial charge in [-0.2, -0.15) is 13.2 Å². The second-order valence-corrected chi connectivity index (χ2v) is 4.01. The molecule has 1 atom stereocenters. The van der Waals surface area contributed by atoms with E-state index in [4.69, 9.17) is 21.4 Å². The normalized spacial score (nSPS) is 18.7. The number of para-hydroxylation sites is 1. The fourth-order valence-electron chi connectivity index (χ4n) is 1.61. The molecule has 1 unspecified atom stereocenters. The van der Waals surface area contributed by atoms with E-state index in [1.807, 2.05) is 0 Å². The molecule has 1 aromatic carbocycles. The molecule has 1 heterocycles. The van der Waals surface area contributed by atoms with Crippen LogP contribution in [-0.2, 0) is 4.79 Å². The largest absolute Gasteiger partial charge is 0.478 e. The third-order valence-electron chi connectivity index (χ3n) is 2.37. The van der Waals surface area contributed by atoms with Crippen LogP contribution in [0.4, 0.5) is 13.2 Å². The second-order valence-electron chi connectivity index (χ2n) is 3.60. The van der Waals surface area contributed by atoms with E-state index in [1.54, 1.807) is 0 Å². The van der Waals surface area contributed by atoms with Gasteiger partial charge in [-0.25, -0.2) is 4.79 Å². The van der Waals surface area contributed by atoms with E-state index >= 15 is 0 Å². The molecule has 0 spiro atoms. The Balaban J connectivity index is 2.57. The van der Waals surface area contributed by atoms with Gasteiger partial charge in [-0.1, -0.05) is 23.7 Å². The van der Waals surface area contributed by atoms with E-state index in [0.29, 0.717) is 0 Å². The number of carboxylic acids is 1. The molecule has 1 aromatic rings.